The summed E-state index contributed by atoms with van der Waals surface area (Å²) < 4.78 is 1.73. The molecule has 2 atom stereocenters. The van der Waals surface area contributed by atoms with Crippen LogP contribution in [0.5, 0.6) is 0 Å². The number of hydrogen-bond donors (Lipinski definition) is 2. The second-order valence-electron chi connectivity index (χ2n) is 9.38. The molecule has 4 aromatic rings. The van der Waals surface area contributed by atoms with Gasteiger partial charge in [0.15, 0.2) is 5.65 Å². The van der Waals surface area contributed by atoms with E-state index in [9.17, 15) is 9.90 Å². The Morgan fingerprint density at radius 1 is 1.24 bits per heavy atom. The first-order chi connectivity index (χ1) is 18.0. The number of aliphatic hydroxyl groups excluding tert-OH is 1. The van der Waals surface area contributed by atoms with E-state index in [-0.39, 0.29) is 11.9 Å². The lowest BCUT2D eigenvalue weighted by atomic mass is 10.1. The summed E-state index contributed by atoms with van der Waals surface area (Å²) >= 11 is 1.63. The van der Waals surface area contributed by atoms with E-state index in [4.69, 9.17) is 9.97 Å². The van der Waals surface area contributed by atoms with Crippen molar-refractivity contribution in [2.75, 3.05) is 37.6 Å². The van der Waals surface area contributed by atoms with Gasteiger partial charge in [0, 0.05) is 37.4 Å². The van der Waals surface area contributed by atoms with E-state index in [1.807, 2.05) is 46.8 Å². The number of β-amino-alcohol motifs (C(OH)–C–C–N with tert-alkyl or cyclic N) is 1. The number of nitrogens with zero attached hydrogens (tertiary/aromatic N) is 6. The maximum Gasteiger partial charge on any atom is 0.251 e. The standard InChI is InChI=1S/C27H33N7O2S/c1-4-32(5-2)18(3)15-28-27(36)19-13-23(30-25(14-19)33-10-8-20(35)17-33)21-16-29-34-11-9-22(31-26(21)34)24-7-6-12-37-24/h6-7,9,11-14,16,18,20,35H,4-5,8,10,15,17H2,1-3H3,(H,28,36)/t18-,20-/m0/s1. The molecule has 37 heavy (non-hydrogen) atoms. The SMILES string of the molecule is CCN(CC)[C@@H](C)CNC(=O)c1cc(-c2cnn3ccc(-c4cccs4)nc23)nc(N2CC[C@H](O)C2)c1. The summed E-state index contributed by atoms with van der Waals surface area (Å²) in [5.74, 6) is 0.525. The summed E-state index contributed by atoms with van der Waals surface area (Å²) in [6.45, 7) is 9.98. The Bertz CT molecular complexity index is 1370. The molecule has 1 amide bonds. The molecular formula is C27H33N7O2S. The van der Waals surface area contributed by atoms with Crippen LogP contribution in [0.4, 0.5) is 5.82 Å². The molecule has 0 saturated carbocycles. The van der Waals surface area contributed by atoms with Gasteiger partial charge in [-0.3, -0.25) is 9.69 Å². The number of aromatic nitrogens is 4. The molecule has 0 aromatic carbocycles. The molecule has 1 fully saturated rings. The number of likely N-dealkylation sites (N-methyl/N-ethyl adjacent to an activating group) is 1. The van der Waals surface area contributed by atoms with Crippen molar-refractivity contribution in [3.63, 3.8) is 0 Å². The first-order valence-corrected chi connectivity index (χ1v) is 13.7. The second kappa shape index (κ2) is 11.0. The molecule has 0 radical (unpaired) electrons. The second-order valence-corrected chi connectivity index (χ2v) is 10.3. The Morgan fingerprint density at radius 3 is 2.78 bits per heavy atom. The molecule has 1 aliphatic heterocycles. The third kappa shape index (κ3) is 5.36. The lowest BCUT2D eigenvalue weighted by molar-refractivity contribution is 0.0938. The van der Waals surface area contributed by atoms with Crippen molar-refractivity contribution >= 4 is 28.7 Å². The van der Waals surface area contributed by atoms with Gasteiger partial charge in [-0.1, -0.05) is 19.9 Å². The van der Waals surface area contributed by atoms with Crippen molar-refractivity contribution < 1.29 is 9.90 Å². The van der Waals surface area contributed by atoms with E-state index in [0.29, 0.717) is 48.8 Å². The number of amides is 1. The van der Waals surface area contributed by atoms with Crippen molar-refractivity contribution in [3.05, 3.63) is 53.7 Å². The molecule has 1 saturated heterocycles. The molecule has 0 bridgehead atoms. The van der Waals surface area contributed by atoms with E-state index < -0.39 is 6.10 Å². The van der Waals surface area contributed by atoms with Crippen LogP contribution < -0.4 is 10.2 Å². The first-order valence-electron chi connectivity index (χ1n) is 12.8. The number of carbonyl (C=O) groups excluding carboxylic acids is 1. The Kier molecular flexibility index (Phi) is 7.50. The van der Waals surface area contributed by atoms with Gasteiger partial charge in [0.2, 0.25) is 0 Å². The summed E-state index contributed by atoms with van der Waals surface area (Å²) in [6.07, 6.45) is 3.92. The molecule has 0 unspecified atom stereocenters. The normalized spacial score (nSPS) is 16.6. The Labute approximate surface area is 220 Å². The van der Waals surface area contributed by atoms with Crippen LogP contribution in [0.15, 0.2) is 48.1 Å². The van der Waals surface area contributed by atoms with Gasteiger partial charge in [-0.2, -0.15) is 5.10 Å². The van der Waals surface area contributed by atoms with Crippen LogP contribution in [0.1, 0.15) is 37.6 Å². The van der Waals surface area contributed by atoms with Gasteiger partial charge in [-0.15, -0.1) is 11.3 Å². The highest BCUT2D eigenvalue weighted by molar-refractivity contribution is 7.13. The number of aliphatic hydroxyl groups is 1. The minimum absolute atomic E-state index is 0.146. The molecule has 5 heterocycles. The van der Waals surface area contributed by atoms with E-state index in [1.54, 1.807) is 22.0 Å². The molecule has 2 N–H and O–H groups in total. The van der Waals surface area contributed by atoms with Crippen LogP contribution in [0.3, 0.4) is 0 Å². The molecular weight excluding hydrogens is 486 g/mol. The summed E-state index contributed by atoms with van der Waals surface area (Å²) in [4.78, 5) is 28.5. The van der Waals surface area contributed by atoms with E-state index in [1.165, 1.54) is 0 Å². The predicted octanol–water partition coefficient (Wildman–Crippen LogP) is 3.55. The number of hydrogen-bond acceptors (Lipinski definition) is 8. The maximum atomic E-state index is 13.3. The highest BCUT2D eigenvalue weighted by Crippen LogP contribution is 2.30. The molecule has 0 spiro atoms. The molecule has 4 aromatic heterocycles. The third-order valence-electron chi connectivity index (χ3n) is 6.97. The quantitative estimate of drug-likeness (QED) is 0.349. The van der Waals surface area contributed by atoms with Crippen LogP contribution in [0.25, 0.3) is 27.5 Å². The van der Waals surface area contributed by atoms with E-state index >= 15 is 0 Å². The number of nitrogens with one attached hydrogen (secondary N) is 1. The van der Waals surface area contributed by atoms with Crippen molar-refractivity contribution in [1.82, 2.24) is 29.8 Å². The molecule has 0 aliphatic carbocycles. The first kappa shape index (κ1) is 25.3. The topological polar surface area (TPSA) is 98.9 Å². The lowest BCUT2D eigenvalue weighted by Crippen LogP contribution is -2.42. The number of rotatable bonds is 9. The minimum atomic E-state index is -0.398. The van der Waals surface area contributed by atoms with Crippen LogP contribution >= 0.6 is 11.3 Å². The van der Waals surface area contributed by atoms with Gasteiger partial charge in [0.1, 0.15) is 5.82 Å². The maximum absolute atomic E-state index is 13.3. The van der Waals surface area contributed by atoms with Crippen molar-refractivity contribution in [2.24, 2.45) is 0 Å². The van der Waals surface area contributed by atoms with Crippen LogP contribution in [-0.4, -0.2) is 80.4 Å². The zero-order chi connectivity index (χ0) is 25.9. The molecule has 1 aliphatic rings. The van der Waals surface area contributed by atoms with E-state index in [0.717, 1.165) is 29.2 Å². The summed E-state index contributed by atoms with van der Waals surface area (Å²) in [6, 6.07) is 9.84. The monoisotopic (exact) mass is 519 g/mol. The Hall–Kier alpha value is -3.34. The van der Waals surface area contributed by atoms with Crippen molar-refractivity contribution in [3.8, 4) is 21.8 Å². The molecule has 9 nitrogen and oxygen atoms in total. The highest BCUT2D eigenvalue weighted by atomic mass is 32.1. The lowest BCUT2D eigenvalue weighted by Gasteiger charge is -2.26. The molecule has 5 rings (SSSR count). The third-order valence-corrected chi connectivity index (χ3v) is 7.87. The predicted molar refractivity (Wildman–Crippen MR) is 147 cm³/mol. The zero-order valence-electron chi connectivity index (χ0n) is 21.5. The fraction of sp³-hybridized carbons (Fsp3) is 0.407. The molecule has 194 valence electrons. The van der Waals surface area contributed by atoms with Crippen LogP contribution in [-0.2, 0) is 0 Å². The van der Waals surface area contributed by atoms with Crippen molar-refractivity contribution in [2.45, 2.75) is 39.3 Å². The summed E-state index contributed by atoms with van der Waals surface area (Å²) in [5.41, 5.74) is 3.46. The number of thiophene rings is 1. The zero-order valence-corrected chi connectivity index (χ0v) is 22.3. The van der Waals surface area contributed by atoms with Gasteiger partial charge in [0.25, 0.3) is 5.91 Å². The van der Waals surface area contributed by atoms with Gasteiger partial charge < -0.3 is 15.3 Å². The van der Waals surface area contributed by atoms with Gasteiger partial charge in [0.05, 0.1) is 34.1 Å². The van der Waals surface area contributed by atoms with Gasteiger partial charge in [-0.25, -0.2) is 14.5 Å². The minimum Gasteiger partial charge on any atom is -0.391 e. The van der Waals surface area contributed by atoms with Gasteiger partial charge >= 0.3 is 0 Å². The van der Waals surface area contributed by atoms with Crippen LogP contribution in [0, 0.1) is 0 Å². The van der Waals surface area contributed by atoms with Crippen LogP contribution in [0.2, 0.25) is 0 Å². The summed E-state index contributed by atoms with van der Waals surface area (Å²) in [7, 11) is 0. The average Bonchev–Trinajstić information content (AvgIpc) is 3.68. The number of pyridine rings is 1. The van der Waals surface area contributed by atoms with Crippen molar-refractivity contribution in [1.29, 1.82) is 0 Å². The largest absolute Gasteiger partial charge is 0.391 e. The smallest absolute Gasteiger partial charge is 0.251 e. The highest BCUT2D eigenvalue weighted by Gasteiger charge is 2.24. The number of carbonyl (C=O) groups is 1. The average molecular weight is 520 g/mol. The molecule has 10 heteroatoms. The number of anilines is 1. The van der Waals surface area contributed by atoms with E-state index in [2.05, 4.69) is 36.1 Å². The Balaban J connectivity index is 1.51. The fourth-order valence-corrected chi connectivity index (χ4v) is 5.52. The Morgan fingerprint density at radius 2 is 2.08 bits per heavy atom. The van der Waals surface area contributed by atoms with Gasteiger partial charge in [-0.05, 0) is 56.1 Å². The number of fused-ring (bicyclic) bond motifs is 1. The summed E-state index contributed by atoms with van der Waals surface area (Å²) in [5, 5.41) is 19.7. The fourth-order valence-electron chi connectivity index (χ4n) is 4.83.